The smallest absolute Gasteiger partial charge is 0.358 e. The highest BCUT2D eigenvalue weighted by Gasteiger charge is 2.07. The molecule has 0 saturated carbocycles. The van der Waals surface area contributed by atoms with Crippen LogP contribution < -0.4 is 5.32 Å². The molecule has 0 fully saturated rings. The molecule has 0 unspecified atom stereocenters. The van der Waals surface area contributed by atoms with Crippen LogP contribution in [-0.2, 0) is 11.3 Å². The lowest BCUT2D eigenvalue weighted by Gasteiger charge is -2.02. The molecular formula is C11H13N5O2. The maximum Gasteiger partial charge on any atom is 0.358 e. The monoisotopic (exact) mass is 247 g/mol. The average Bonchev–Trinajstić information content (AvgIpc) is 2.86. The van der Waals surface area contributed by atoms with Gasteiger partial charge in [0.2, 0.25) is 0 Å². The summed E-state index contributed by atoms with van der Waals surface area (Å²) in [5, 5.41) is 7.16. The van der Waals surface area contributed by atoms with Gasteiger partial charge in [-0.1, -0.05) is 0 Å². The number of esters is 1. The average molecular weight is 247 g/mol. The molecule has 7 heteroatoms. The molecule has 0 radical (unpaired) electrons. The molecule has 0 saturated heterocycles. The SMILES string of the molecule is CCn1cc(Nc2cnc(C(=O)OC)cn2)cn1. The number of hydrogen-bond acceptors (Lipinski definition) is 6. The molecule has 2 rings (SSSR count). The van der Waals surface area contributed by atoms with Gasteiger partial charge < -0.3 is 10.1 Å². The predicted octanol–water partition coefficient (Wildman–Crippen LogP) is 1.22. The lowest BCUT2D eigenvalue weighted by molar-refractivity contribution is 0.0593. The summed E-state index contributed by atoms with van der Waals surface area (Å²) in [6.45, 7) is 2.80. The molecule has 0 bridgehead atoms. The van der Waals surface area contributed by atoms with Crippen molar-refractivity contribution in [2.24, 2.45) is 0 Å². The molecule has 2 aromatic heterocycles. The van der Waals surface area contributed by atoms with E-state index >= 15 is 0 Å². The maximum absolute atomic E-state index is 11.2. The molecule has 94 valence electrons. The number of anilines is 2. The second-order valence-corrected chi connectivity index (χ2v) is 3.49. The molecule has 0 aliphatic carbocycles. The molecule has 1 N–H and O–H groups in total. The highest BCUT2D eigenvalue weighted by Crippen LogP contribution is 2.12. The van der Waals surface area contributed by atoms with Gasteiger partial charge in [-0.05, 0) is 6.92 Å². The Bertz CT molecular complexity index is 535. The first kappa shape index (κ1) is 12.0. The van der Waals surface area contributed by atoms with Gasteiger partial charge in [0, 0.05) is 12.7 Å². The maximum atomic E-state index is 11.2. The predicted molar refractivity (Wildman–Crippen MR) is 64.6 cm³/mol. The van der Waals surface area contributed by atoms with Gasteiger partial charge in [-0.2, -0.15) is 5.10 Å². The number of rotatable bonds is 4. The molecule has 0 aromatic carbocycles. The van der Waals surface area contributed by atoms with Gasteiger partial charge in [0.25, 0.3) is 0 Å². The van der Waals surface area contributed by atoms with Crippen LogP contribution in [0.5, 0.6) is 0 Å². The molecule has 18 heavy (non-hydrogen) atoms. The Morgan fingerprint density at radius 1 is 1.39 bits per heavy atom. The zero-order chi connectivity index (χ0) is 13.0. The van der Waals surface area contributed by atoms with E-state index < -0.39 is 5.97 Å². The van der Waals surface area contributed by atoms with E-state index in [0.29, 0.717) is 5.82 Å². The Morgan fingerprint density at radius 3 is 2.78 bits per heavy atom. The van der Waals surface area contributed by atoms with Crippen molar-refractivity contribution in [3.63, 3.8) is 0 Å². The van der Waals surface area contributed by atoms with Crippen LogP contribution in [0, 0.1) is 0 Å². The molecule has 0 aliphatic rings. The van der Waals surface area contributed by atoms with Crippen LogP contribution in [-0.4, -0.2) is 32.8 Å². The van der Waals surface area contributed by atoms with E-state index in [2.05, 4.69) is 25.1 Å². The minimum Gasteiger partial charge on any atom is -0.464 e. The molecule has 2 heterocycles. The quantitative estimate of drug-likeness (QED) is 0.818. The Kier molecular flexibility index (Phi) is 3.52. The normalized spacial score (nSPS) is 10.1. The van der Waals surface area contributed by atoms with Crippen molar-refractivity contribution < 1.29 is 9.53 Å². The van der Waals surface area contributed by atoms with E-state index in [-0.39, 0.29) is 5.69 Å². The highest BCUT2D eigenvalue weighted by molar-refractivity contribution is 5.86. The van der Waals surface area contributed by atoms with Gasteiger partial charge in [-0.25, -0.2) is 14.8 Å². The van der Waals surface area contributed by atoms with Crippen molar-refractivity contribution in [1.82, 2.24) is 19.7 Å². The van der Waals surface area contributed by atoms with E-state index in [0.717, 1.165) is 12.2 Å². The van der Waals surface area contributed by atoms with Crippen molar-refractivity contribution in [3.05, 3.63) is 30.5 Å². The van der Waals surface area contributed by atoms with Gasteiger partial charge in [0.1, 0.15) is 5.82 Å². The standard InChI is InChI=1S/C11H13N5O2/c1-3-16-7-8(4-14-16)15-10-6-12-9(5-13-10)11(17)18-2/h4-7H,3H2,1-2H3,(H,13,15). The molecule has 0 amide bonds. The van der Waals surface area contributed by atoms with Crippen LogP contribution in [0.4, 0.5) is 11.5 Å². The van der Waals surface area contributed by atoms with Crippen LogP contribution in [0.3, 0.4) is 0 Å². The van der Waals surface area contributed by atoms with E-state index in [1.165, 1.54) is 19.5 Å². The third kappa shape index (κ3) is 2.62. The number of nitrogens with zero attached hydrogens (tertiary/aromatic N) is 4. The van der Waals surface area contributed by atoms with Gasteiger partial charge >= 0.3 is 5.97 Å². The molecule has 7 nitrogen and oxygen atoms in total. The second kappa shape index (κ2) is 5.26. The molecular weight excluding hydrogens is 234 g/mol. The Hall–Kier alpha value is -2.44. The van der Waals surface area contributed by atoms with Gasteiger partial charge in [-0.3, -0.25) is 4.68 Å². The first-order chi connectivity index (χ1) is 8.72. The Morgan fingerprint density at radius 2 is 2.22 bits per heavy atom. The summed E-state index contributed by atoms with van der Waals surface area (Å²) >= 11 is 0. The van der Waals surface area contributed by atoms with Gasteiger partial charge in [0.05, 0.1) is 31.4 Å². The molecule has 0 atom stereocenters. The number of nitrogens with one attached hydrogen (secondary N) is 1. The summed E-state index contributed by atoms with van der Waals surface area (Å²) in [5.74, 6) is 0.0335. The number of hydrogen-bond donors (Lipinski definition) is 1. The zero-order valence-electron chi connectivity index (χ0n) is 10.1. The Labute approximate surface area is 104 Å². The number of ether oxygens (including phenoxy) is 1. The van der Waals surface area contributed by atoms with Gasteiger partial charge in [-0.15, -0.1) is 0 Å². The number of aromatic nitrogens is 4. The third-order valence-electron chi connectivity index (χ3n) is 2.28. The third-order valence-corrected chi connectivity index (χ3v) is 2.28. The fourth-order valence-corrected chi connectivity index (χ4v) is 1.35. The van der Waals surface area contributed by atoms with E-state index in [1.54, 1.807) is 10.9 Å². The first-order valence-corrected chi connectivity index (χ1v) is 5.42. The molecule has 0 spiro atoms. The van der Waals surface area contributed by atoms with Crippen LogP contribution in [0.15, 0.2) is 24.8 Å². The van der Waals surface area contributed by atoms with Crippen LogP contribution in [0.1, 0.15) is 17.4 Å². The largest absolute Gasteiger partial charge is 0.464 e. The summed E-state index contributed by atoms with van der Waals surface area (Å²) in [4.78, 5) is 19.2. The minimum atomic E-state index is -0.507. The summed E-state index contributed by atoms with van der Waals surface area (Å²) in [6, 6.07) is 0. The van der Waals surface area contributed by atoms with Crippen LogP contribution in [0.25, 0.3) is 0 Å². The fourth-order valence-electron chi connectivity index (χ4n) is 1.35. The summed E-state index contributed by atoms with van der Waals surface area (Å²) in [6.07, 6.45) is 6.38. The number of aryl methyl sites for hydroxylation is 1. The number of methoxy groups -OCH3 is 1. The Balaban J connectivity index is 2.08. The highest BCUT2D eigenvalue weighted by atomic mass is 16.5. The molecule has 0 aliphatic heterocycles. The van der Waals surface area contributed by atoms with Gasteiger partial charge in [0.15, 0.2) is 5.69 Å². The van der Waals surface area contributed by atoms with Crippen molar-refractivity contribution in [1.29, 1.82) is 0 Å². The second-order valence-electron chi connectivity index (χ2n) is 3.49. The zero-order valence-corrected chi connectivity index (χ0v) is 10.1. The number of carbonyl (C=O) groups is 1. The lowest BCUT2D eigenvalue weighted by Crippen LogP contribution is -2.05. The van der Waals surface area contributed by atoms with E-state index in [4.69, 9.17) is 0 Å². The summed E-state index contributed by atoms with van der Waals surface area (Å²) in [5.41, 5.74) is 0.990. The van der Waals surface area contributed by atoms with Crippen LogP contribution >= 0.6 is 0 Å². The topological polar surface area (TPSA) is 81.9 Å². The fraction of sp³-hybridized carbons (Fsp3) is 0.273. The van der Waals surface area contributed by atoms with Crippen molar-refractivity contribution in [2.45, 2.75) is 13.5 Å². The lowest BCUT2D eigenvalue weighted by atomic mass is 10.4. The first-order valence-electron chi connectivity index (χ1n) is 5.42. The van der Waals surface area contributed by atoms with Crippen LogP contribution in [0.2, 0.25) is 0 Å². The van der Waals surface area contributed by atoms with Crippen molar-refractivity contribution in [2.75, 3.05) is 12.4 Å². The summed E-state index contributed by atoms with van der Waals surface area (Å²) < 4.78 is 6.33. The van der Waals surface area contributed by atoms with Crippen molar-refractivity contribution in [3.8, 4) is 0 Å². The molecule has 2 aromatic rings. The van der Waals surface area contributed by atoms with E-state index in [1.807, 2.05) is 13.1 Å². The minimum absolute atomic E-state index is 0.173. The number of carbonyl (C=O) groups excluding carboxylic acids is 1. The summed E-state index contributed by atoms with van der Waals surface area (Å²) in [7, 11) is 1.30. The van der Waals surface area contributed by atoms with E-state index in [9.17, 15) is 4.79 Å². The van der Waals surface area contributed by atoms with Crippen molar-refractivity contribution >= 4 is 17.5 Å².